The number of hydrogen-bond donors (Lipinski definition) is 0. The van der Waals surface area contributed by atoms with E-state index in [1.807, 2.05) is 0 Å². The first-order valence-electron chi connectivity index (χ1n) is 6.12. The molecule has 1 heteroatoms. The minimum absolute atomic E-state index is 0.372. The summed E-state index contributed by atoms with van der Waals surface area (Å²) in [6.07, 6.45) is 9.08. The Morgan fingerprint density at radius 1 is 1.21 bits per heavy atom. The molecule has 1 nitrogen and oxygen atoms in total. The van der Waals surface area contributed by atoms with Gasteiger partial charge in [0.1, 0.15) is 0 Å². The lowest BCUT2D eigenvalue weighted by molar-refractivity contribution is 0.289. The Balaban J connectivity index is 2.08. The Kier molecular flexibility index (Phi) is 5.01. The van der Waals surface area contributed by atoms with Gasteiger partial charge in [0.05, 0.1) is 6.07 Å². The van der Waals surface area contributed by atoms with Gasteiger partial charge in [-0.15, -0.1) is 0 Å². The quantitative estimate of drug-likeness (QED) is 0.658. The topological polar surface area (TPSA) is 23.8 Å². The van der Waals surface area contributed by atoms with Crippen LogP contribution in [0.15, 0.2) is 0 Å². The van der Waals surface area contributed by atoms with E-state index in [2.05, 4.69) is 19.9 Å². The van der Waals surface area contributed by atoms with Crippen LogP contribution in [-0.2, 0) is 0 Å². The van der Waals surface area contributed by atoms with Crippen molar-refractivity contribution in [3.8, 4) is 6.07 Å². The predicted molar refractivity (Wildman–Crippen MR) is 59.8 cm³/mol. The normalized spacial score (nSPS) is 27.6. The van der Waals surface area contributed by atoms with Crippen LogP contribution in [0.2, 0.25) is 0 Å². The maximum atomic E-state index is 8.78. The fourth-order valence-corrected chi connectivity index (χ4v) is 2.39. The molecule has 80 valence electrons. The van der Waals surface area contributed by atoms with Gasteiger partial charge in [-0.25, -0.2) is 0 Å². The minimum atomic E-state index is 0.372. The van der Waals surface area contributed by atoms with E-state index in [0.717, 1.165) is 24.7 Å². The smallest absolute Gasteiger partial charge is 0.0655 e. The summed E-state index contributed by atoms with van der Waals surface area (Å²) in [7, 11) is 0. The standard InChI is InChI=1S/C13H23N/c1-11(2)4-3-5-12-6-8-13(10-14)9-7-12/h11-13H,3-9H2,1-2H3. The van der Waals surface area contributed by atoms with E-state index in [1.165, 1.54) is 32.1 Å². The molecule has 0 aliphatic heterocycles. The van der Waals surface area contributed by atoms with Crippen molar-refractivity contribution in [2.24, 2.45) is 17.8 Å². The number of hydrogen-bond acceptors (Lipinski definition) is 1. The van der Waals surface area contributed by atoms with Gasteiger partial charge in [0.25, 0.3) is 0 Å². The monoisotopic (exact) mass is 193 g/mol. The van der Waals surface area contributed by atoms with Crippen LogP contribution in [0.5, 0.6) is 0 Å². The van der Waals surface area contributed by atoms with E-state index in [4.69, 9.17) is 5.26 Å². The van der Waals surface area contributed by atoms with Gasteiger partial charge in [-0.1, -0.05) is 33.1 Å². The second-order valence-electron chi connectivity index (χ2n) is 5.17. The molecule has 0 radical (unpaired) electrons. The molecule has 0 spiro atoms. The molecule has 1 fully saturated rings. The number of rotatable bonds is 4. The molecule has 1 saturated carbocycles. The van der Waals surface area contributed by atoms with Gasteiger partial charge in [0.15, 0.2) is 0 Å². The third kappa shape index (κ3) is 4.13. The number of nitrogens with zero attached hydrogens (tertiary/aromatic N) is 1. The van der Waals surface area contributed by atoms with Gasteiger partial charge >= 0.3 is 0 Å². The molecule has 0 saturated heterocycles. The largest absolute Gasteiger partial charge is 0.198 e. The van der Waals surface area contributed by atoms with Crippen LogP contribution in [0.25, 0.3) is 0 Å². The molecule has 0 aromatic carbocycles. The summed E-state index contributed by atoms with van der Waals surface area (Å²) in [6, 6.07) is 2.40. The Bertz CT molecular complexity index is 182. The molecule has 0 aromatic rings. The first kappa shape index (κ1) is 11.6. The van der Waals surface area contributed by atoms with E-state index in [0.29, 0.717) is 5.92 Å². The zero-order valence-corrected chi connectivity index (χ0v) is 9.63. The van der Waals surface area contributed by atoms with E-state index >= 15 is 0 Å². The van der Waals surface area contributed by atoms with Crippen molar-refractivity contribution in [1.29, 1.82) is 5.26 Å². The summed E-state index contributed by atoms with van der Waals surface area (Å²) in [4.78, 5) is 0. The van der Waals surface area contributed by atoms with E-state index in [9.17, 15) is 0 Å². The van der Waals surface area contributed by atoms with E-state index in [1.54, 1.807) is 0 Å². The highest BCUT2D eigenvalue weighted by atomic mass is 14.3. The molecule has 0 unspecified atom stereocenters. The molecule has 0 amide bonds. The lowest BCUT2D eigenvalue weighted by Crippen LogP contribution is -2.13. The van der Waals surface area contributed by atoms with Crippen molar-refractivity contribution < 1.29 is 0 Å². The SMILES string of the molecule is CC(C)CCCC1CCC(C#N)CC1. The lowest BCUT2D eigenvalue weighted by atomic mass is 9.80. The summed E-state index contributed by atoms with van der Waals surface area (Å²) in [5.74, 6) is 2.15. The van der Waals surface area contributed by atoms with Crippen LogP contribution in [0, 0.1) is 29.1 Å². The van der Waals surface area contributed by atoms with Gasteiger partial charge in [0, 0.05) is 5.92 Å². The van der Waals surface area contributed by atoms with Gasteiger partial charge < -0.3 is 0 Å². The van der Waals surface area contributed by atoms with Crippen LogP contribution < -0.4 is 0 Å². The van der Waals surface area contributed by atoms with E-state index in [-0.39, 0.29) is 0 Å². The predicted octanol–water partition coefficient (Wildman–Crippen LogP) is 4.14. The molecular formula is C13H23N. The Hall–Kier alpha value is -0.510. The highest BCUT2D eigenvalue weighted by Crippen LogP contribution is 2.31. The fraction of sp³-hybridized carbons (Fsp3) is 0.923. The highest BCUT2D eigenvalue weighted by molar-refractivity contribution is 4.86. The second-order valence-corrected chi connectivity index (χ2v) is 5.17. The molecule has 1 aliphatic carbocycles. The summed E-state index contributed by atoms with van der Waals surface area (Å²) < 4.78 is 0. The van der Waals surface area contributed by atoms with Crippen LogP contribution in [0.1, 0.15) is 58.8 Å². The zero-order chi connectivity index (χ0) is 10.4. The van der Waals surface area contributed by atoms with Crippen LogP contribution in [-0.4, -0.2) is 0 Å². The third-order valence-electron chi connectivity index (χ3n) is 3.42. The summed E-state index contributed by atoms with van der Waals surface area (Å²) in [6.45, 7) is 4.60. The average molecular weight is 193 g/mol. The third-order valence-corrected chi connectivity index (χ3v) is 3.42. The molecule has 1 rings (SSSR count). The van der Waals surface area contributed by atoms with Crippen LogP contribution in [0.3, 0.4) is 0 Å². The van der Waals surface area contributed by atoms with E-state index < -0.39 is 0 Å². The first-order chi connectivity index (χ1) is 6.72. The molecule has 0 heterocycles. The maximum absolute atomic E-state index is 8.78. The summed E-state index contributed by atoms with van der Waals surface area (Å²) in [5, 5.41) is 8.78. The molecule has 0 atom stereocenters. The van der Waals surface area contributed by atoms with Crippen molar-refractivity contribution in [3.63, 3.8) is 0 Å². The molecule has 0 aromatic heterocycles. The van der Waals surface area contributed by atoms with Crippen LogP contribution in [0.4, 0.5) is 0 Å². The summed E-state index contributed by atoms with van der Waals surface area (Å²) in [5.41, 5.74) is 0. The Labute approximate surface area is 88.5 Å². The molecular weight excluding hydrogens is 170 g/mol. The zero-order valence-electron chi connectivity index (χ0n) is 9.63. The minimum Gasteiger partial charge on any atom is -0.198 e. The molecule has 1 aliphatic rings. The molecule has 0 bridgehead atoms. The van der Waals surface area contributed by atoms with Gasteiger partial charge in [0.2, 0.25) is 0 Å². The van der Waals surface area contributed by atoms with Gasteiger partial charge in [-0.05, 0) is 37.5 Å². The van der Waals surface area contributed by atoms with Crippen molar-refractivity contribution in [1.82, 2.24) is 0 Å². The highest BCUT2D eigenvalue weighted by Gasteiger charge is 2.20. The Morgan fingerprint density at radius 2 is 1.86 bits per heavy atom. The second kappa shape index (κ2) is 6.06. The molecule has 0 N–H and O–H groups in total. The van der Waals surface area contributed by atoms with Crippen molar-refractivity contribution >= 4 is 0 Å². The van der Waals surface area contributed by atoms with Crippen molar-refractivity contribution in [2.75, 3.05) is 0 Å². The fourth-order valence-electron chi connectivity index (χ4n) is 2.39. The average Bonchev–Trinajstić information content (AvgIpc) is 2.18. The molecule has 14 heavy (non-hydrogen) atoms. The Morgan fingerprint density at radius 3 is 2.36 bits per heavy atom. The van der Waals surface area contributed by atoms with Crippen molar-refractivity contribution in [2.45, 2.75) is 58.8 Å². The number of nitriles is 1. The van der Waals surface area contributed by atoms with Crippen molar-refractivity contribution in [3.05, 3.63) is 0 Å². The maximum Gasteiger partial charge on any atom is 0.0655 e. The summed E-state index contributed by atoms with van der Waals surface area (Å²) >= 11 is 0. The first-order valence-corrected chi connectivity index (χ1v) is 6.12. The lowest BCUT2D eigenvalue weighted by Gasteiger charge is -2.24. The van der Waals surface area contributed by atoms with Gasteiger partial charge in [-0.2, -0.15) is 5.26 Å². The van der Waals surface area contributed by atoms with Gasteiger partial charge in [-0.3, -0.25) is 0 Å². The van der Waals surface area contributed by atoms with Crippen LogP contribution >= 0.6 is 0 Å².